The molecule has 5 rings (SSSR count). The second kappa shape index (κ2) is 6.16. The number of hydrogen-bond donors (Lipinski definition) is 1. The minimum atomic E-state index is -0.392. The van der Waals surface area contributed by atoms with E-state index in [2.05, 4.69) is 15.5 Å². The molecule has 0 unspecified atom stereocenters. The number of nitrogens with one attached hydrogen (secondary N) is 1. The molecular weight excluding hydrogens is 368 g/mol. The highest BCUT2D eigenvalue weighted by Crippen LogP contribution is 2.26. The van der Waals surface area contributed by atoms with Gasteiger partial charge in [0.1, 0.15) is 0 Å². The van der Waals surface area contributed by atoms with Crippen LogP contribution in [0.1, 0.15) is 25.5 Å². The van der Waals surface area contributed by atoms with Crippen LogP contribution < -0.4 is 16.7 Å². The standard InChI is InChI=1S/C21H20N6O2/c1-12-13(2)27-17-18(22-20(27)24-23-12)25(3)21(29)26(19(17)28)11-15-9-6-8-14-7-4-5-10-16(14)15/h4-10,13H,11H2,1-3H3,(H,22,24)/t13-/m1/s1. The van der Waals surface area contributed by atoms with E-state index in [9.17, 15) is 9.59 Å². The van der Waals surface area contributed by atoms with Crippen LogP contribution in [0.15, 0.2) is 57.2 Å². The summed E-state index contributed by atoms with van der Waals surface area (Å²) in [6, 6.07) is 13.7. The number of aryl methyl sites for hydroxylation is 1. The van der Waals surface area contributed by atoms with Crippen molar-refractivity contribution >= 4 is 33.6 Å². The zero-order valence-electron chi connectivity index (χ0n) is 16.4. The highest BCUT2D eigenvalue weighted by Gasteiger charge is 2.26. The van der Waals surface area contributed by atoms with E-state index in [4.69, 9.17) is 0 Å². The van der Waals surface area contributed by atoms with E-state index < -0.39 is 5.69 Å². The Balaban J connectivity index is 1.77. The van der Waals surface area contributed by atoms with Crippen LogP contribution in [-0.4, -0.2) is 24.4 Å². The van der Waals surface area contributed by atoms with Crippen LogP contribution in [-0.2, 0) is 13.6 Å². The Labute approximate surface area is 165 Å². The fourth-order valence-corrected chi connectivity index (χ4v) is 3.95. The van der Waals surface area contributed by atoms with Crippen molar-refractivity contribution in [3.8, 4) is 0 Å². The molecule has 0 bridgehead atoms. The largest absolute Gasteiger partial charge is 0.332 e. The Morgan fingerprint density at radius 2 is 1.86 bits per heavy atom. The molecule has 2 aromatic heterocycles. The molecule has 1 atom stereocenters. The van der Waals surface area contributed by atoms with Gasteiger partial charge in [-0.2, -0.15) is 10.1 Å². The van der Waals surface area contributed by atoms with E-state index >= 15 is 0 Å². The predicted molar refractivity (Wildman–Crippen MR) is 114 cm³/mol. The Morgan fingerprint density at radius 3 is 2.69 bits per heavy atom. The number of aromatic nitrogens is 4. The molecule has 1 aliphatic heterocycles. The molecule has 1 aliphatic rings. The van der Waals surface area contributed by atoms with Gasteiger partial charge >= 0.3 is 5.69 Å². The molecule has 0 amide bonds. The fraction of sp³-hybridized carbons (Fsp3) is 0.238. The third kappa shape index (κ3) is 2.45. The summed E-state index contributed by atoms with van der Waals surface area (Å²) in [5, 5.41) is 6.34. The quantitative estimate of drug-likeness (QED) is 0.572. The van der Waals surface area contributed by atoms with Crippen molar-refractivity contribution in [3.05, 3.63) is 68.9 Å². The molecule has 8 nitrogen and oxygen atoms in total. The highest BCUT2D eigenvalue weighted by molar-refractivity contribution is 5.90. The fourth-order valence-electron chi connectivity index (χ4n) is 3.95. The summed E-state index contributed by atoms with van der Waals surface area (Å²) < 4.78 is 4.53. The summed E-state index contributed by atoms with van der Waals surface area (Å²) in [6.45, 7) is 4.05. The summed E-state index contributed by atoms with van der Waals surface area (Å²) in [7, 11) is 1.64. The van der Waals surface area contributed by atoms with Gasteiger partial charge in [-0.3, -0.25) is 18.5 Å². The Morgan fingerprint density at radius 1 is 1.10 bits per heavy atom. The van der Waals surface area contributed by atoms with E-state index in [1.54, 1.807) is 7.05 Å². The van der Waals surface area contributed by atoms with Crippen molar-refractivity contribution in [2.24, 2.45) is 12.1 Å². The van der Waals surface area contributed by atoms with Crippen molar-refractivity contribution in [2.45, 2.75) is 26.4 Å². The van der Waals surface area contributed by atoms with E-state index in [1.807, 2.05) is 60.9 Å². The number of hydrogen-bond acceptors (Lipinski definition) is 5. The molecular formula is C21H20N6O2. The molecule has 29 heavy (non-hydrogen) atoms. The lowest BCUT2D eigenvalue weighted by molar-refractivity contribution is 0.647. The molecule has 0 spiro atoms. The SMILES string of the molecule is CC1=NNc2nc3c(c(=O)n(Cc4cccc5ccccc45)c(=O)n3C)n2[C@@H]1C. The third-order valence-electron chi connectivity index (χ3n) is 5.71. The number of rotatable bonds is 2. The Hall–Kier alpha value is -3.68. The normalized spacial score (nSPS) is 16.0. The Kier molecular flexibility index (Phi) is 3.70. The molecule has 3 heterocycles. The van der Waals surface area contributed by atoms with Gasteiger partial charge in [-0.1, -0.05) is 42.5 Å². The summed E-state index contributed by atoms with van der Waals surface area (Å²) >= 11 is 0. The minimum Gasteiger partial charge on any atom is -0.294 e. The minimum absolute atomic E-state index is 0.132. The van der Waals surface area contributed by atoms with Crippen LogP contribution >= 0.6 is 0 Å². The third-order valence-corrected chi connectivity index (χ3v) is 5.71. The molecule has 2 aromatic carbocycles. The van der Waals surface area contributed by atoms with Gasteiger partial charge in [0.25, 0.3) is 5.56 Å². The first-order chi connectivity index (χ1) is 14.0. The average Bonchev–Trinajstić information content (AvgIpc) is 3.13. The maximum absolute atomic E-state index is 13.4. The zero-order chi connectivity index (χ0) is 20.3. The summed E-state index contributed by atoms with van der Waals surface area (Å²) in [5.41, 5.74) is 4.65. The second-order valence-electron chi connectivity index (χ2n) is 7.39. The van der Waals surface area contributed by atoms with Crippen molar-refractivity contribution in [3.63, 3.8) is 0 Å². The van der Waals surface area contributed by atoms with Gasteiger partial charge in [0.05, 0.1) is 18.3 Å². The second-order valence-corrected chi connectivity index (χ2v) is 7.39. The summed E-state index contributed by atoms with van der Waals surface area (Å²) in [4.78, 5) is 30.9. The molecule has 0 saturated carbocycles. The van der Waals surface area contributed by atoms with Crippen LogP contribution in [0, 0.1) is 0 Å². The molecule has 0 saturated heterocycles. The number of imidazole rings is 1. The van der Waals surface area contributed by atoms with Crippen LogP contribution in [0.4, 0.5) is 5.95 Å². The molecule has 8 heteroatoms. The van der Waals surface area contributed by atoms with E-state index in [0.717, 1.165) is 22.0 Å². The molecule has 0 fully saturated rings. The number of anilines is 1. The van der Waals surface area contributed by atoms with Gasteiger partial charge in [-0.15, -0.1) is 0 Å². The highest BCUT2D eigenvalue weighted by atomic mass is 16.2. The smallest absolute Gasteiger partial charge is 0.294 e. The van der Waals surface area contributed by atoms with E-state index in [-0.39, 0.29) is 18.1 Å². The lowest BCUT2D eigenvalue weighted by atomic mass is 10.0. The maximum Gasteiger partial charge on any atom is 0.332 e. The van der Waals surface area contributed by atoms with Gasteiger partial charge in [0, 0.05) is 7.05 Å². The molecule has 0 aliphatic carbocycles. The zero-order valence-corrected chi connectivity index (χ0v) is 16.4. The van der Waals surface area contributed by atoms with Crippen molar-refractivity contribution in [1.29, 1.82) is 0 Å². The van der Waals surface area contributed by atoms with Gasteiger partial charge in [-0.25, -0.2) is 10.2 Å². The molecule has 1 N–H and O–H groups in total. The van der Waals surface area contributed by atoms with Crippen LogP contribution in [0.5, 0.6) is 0 Å². The molecule has 0 radical (unpaired) electrons. The average molecular weight is 388 g/mol. The lowest BCUT2D eigenvalue weighted by Crippen LogP contribution is -2.40. The number of benzene rings is 2. The topological polar surface area (TPSA) is 86.2 Å². The maximum atomic E-state index is 13.4. The van der Waals surface area contributed by atoms with Gasteiger partial charge in [0.2, 0.25) is 5.95 Å². The van der Waals surface area contributed by atoms with Crippen molar-refractivity contribution in [1.82, 2.24) is 18.7 Å². The van der Waals surface area contributed by atoms with Crippen molar-refractivity contribution < 1.29 is 0 Å². The van der Waals surface area contributed by atoms with Crippen LogP contribution in [0.25, 0.3) is 21.9 Å². The van der Waals surface area contributed by atoms with Crippen LogP contribution in [0.2, 0.25) is 0 Å². The molecule has 146 valence electrons. The lowest BCUT2D eigenvalue weighted by Gasteiger charge is -2.21. The Bertz CT molecular complexity index is 1430. The first-order valence-electron chi connectivity index (χ1n) is 9.46. The number of hydrazone groups is 1. The summed E-state index contributed by atoms with van der Waals surface area (Å²) in [6.07, 6.45) is 0. The van der Waals surface area contributed by atoms with Gasteiger partial charge in [-0.05, 0) is 30.2 Å². The predicted octanol–water partition coefficient (Wildman–Crippen LogP) is 2.46. The van der Waals surface area contributed by atoms with Gasteiger partial charge in [0.15, 0.2) is 11.2 Å². The number of nitrogens with zero attached hydrogens (tertiary/aromatic N) is 5. The van der Waals surface area contributed by atoms with Gasteiger partial charge < -0.3 is 0 Å². The van der Waals surface area contributed by atoms with Crippen LogP contribution in [0.3, 0.4) is 0 Å². The van der Waals surface area contributed by atoms with E-state index in [1.165, 1.54) is 9.13 Å². The monoisotopic (exact) mass is 388 g/mol. The first-order valence-corrected chi connectivity index (χ1v) is 9.46. The molecule has 4 aromatic rings. The first kappa shape index (κ1) is 17.4. The van der Waals surface area contributed by atoms with E-state index in [0.29, 0.717) is 17.1 Å². The summed E-state index contributed by atoms with van der Waals surface area (Å²) in [5.74, 6) is 0.466. The van der Waals surface area contributed by atoms with Crippen molar-refractivity contribution in [2.75, 3.05) is 5.43 Å². The number of fused-ring (bicyclic) bond motifs is 4.